The maximum atomic E-state index is 9.56. The molecule has 7 heteroatoms. The summed E-state index contributed by atoms with van der Waals surface area (Å²) >= 11 is 11.3. The summed E-state index contributed by atoms with van der Waals surface area (Å²) in [4.78, 5) is 10.9. The normalized spacial score (nSPS) is 16.1. The first-order valence-corrected chi connectivity index (χ1v) is 9.32. The van der Waals surface area contributed by atoms with E-state index in [0.717, 1.165) is 43.3 Å². The van der Waals surface area contributed by atoms with Crippen LogP contribution in [0.2, 0.25) is 5.02 Å². The molecular weight excluding hydrogens is 366 g/mol. The van der Waals surface area contributed by atoms with Crippen LogP contribution in [0.5, 0.6) is 0 Å². The highest BCUT2D eigenvalue weighted by molar-refractivity contribution is 7.80. The van der Waals surface area contributed by atoms with Crippen LogP contribution in [0.4, 0.5) is 5.69 Å². The summed E-state index contributed by atoms with van der Waals surface area (Å²) in [7, 11) is 3.74. The Morgan fingerprint density at radius 3 is 2.54 bits per heavy atom. The Morgan fingerprint density at radius 1 is 1.23 bits per heavy atom. The number of nitriles is 1. The van der Waals surface area contributed by atoms with Gasteiger partial charge in [-0.05, 0) is 37.6 Å². The number of hydrogen-bond donors (Lipinski definition) is 0. The minimum absolute atomic E-state index is 0.331. The highest BCUT2D eigenvalue weighted by atomic mass is 35.5. The number of hydrogen-bond acceptors (Lipinski definition) is 4. The molecule has 0 N–H and O–H groups in total. The van der Waals surface area contributed by atoms with E-state index in [1.165, 1.54) is 5.69 Å². The van der Waals surface area contributed by atoms with Crippen molar-refractivity contribution < 1.29 is 0 Å². The highest BCUT2D eigenvalue weighted by Crippen LogP contribution is 2.21. The number of halogens is 1. The number of allylic oxidation sites excluding steroid dienone is 1. The van der Waals surface area contributed by atoms with E-state index in [1.54, 1.807) is 11.2 Å². The maximum Gasteiger partial charge on any atom is 0.147 e. The standard InChI is InChI=1S/C19H24ClN5S/c1-15(18(13-21)19(26)22-14-23(2)3)24-9-4-10-25(12-11-24)17-7-5-16(20)6-8-17/h5-8,14H,4,9-12H2,1-3H3/b18-15-,22-14?. The van der Waals surface area contributed by atoms with E-state index >= 15 is 0 Å². The lowest BCUT2D eigenvalue weighted by atomic mass is 10.2. The molecule has 1 fully saturated rings. The van der Waals surface area contributed by atoms with E-state index in [4.69, 9.17) is 23.8 Å². The van der Waals surface area contributed by atoms with Crippen LogP contribution in [0.3, 0.4) is 0 Å². The molecule has 0 unspecified atom stereocenters. The molecule has 0 bridgehead atoms. The molecule has 0 radical (unpaired) electrons. The second-order valence-electron chi connectivity index (χ2n) is 6.39. The van der Waals surface area contributed by atoms with Gasteiger partial charge in [-0.25, -0.2) is 4.99 Å². The predicted octanol–water partition coefficient (Wildman–Crippen LogP) is 3.57. The van der Waals surface area contributed by atoms with Gasteiger partial charge in [0.2, 0.25) is 0 Å². The second kappa shape index (κ2) is 9.56. The zero-order chi connectivity index (χ0) is 19.1. The van der Waals surface area contributed by atoms with Crippen LogP contribution in [0.1, 0.15) is 13.3 Å². The monoisotopic (exact) mass is 389 g/mol. The van der Waals surface area contributed by atoms with Crippen LogP contribution in [0, 0.1) is 11.3 Å². The Balaban J connectivity index is 2.12. The van der Waals surface area contributed by atoms with Crippen LogP contribution >= 0.6 is 23.8 Å². The van der Waals surface area contributed by atoms with Crippen LogP contribution < -0.4 is 4.90 Å². The lowest BCUT2D eigenvalue weighted by Gasteiger charge is -2.26. The molecule has 0 atom stereocenters. The number of aliphatic imine (C=N–C) groups is 1. The van der Waals surface area contributed by atoms with E-state index in [1.807, 2.05) is 45.3 Å². The number of anilines is 1. The first-order valence-electron chi connectivity index (χ1n) is 8.53. The molecule has 0 spiro atoms. The maximum absolute atomic E-state index is 9.56. The minimum atomic E-state index is 0.331. The number of rotatable bonds is 4. The van der Waals surface area contributed by atoms with Gasteiger partial charge in [-0.15, -0.1) is 0 Å². The Bertz CT molecular complexity index is 733. The zero-order valence-electron chi connectivity index (χ0n) is 15.4. The van der Waals surface area contributed by atoms with Crippen LogP contribution in [0.25, 0.3) is 0 Å². The van der Waals surface area contributed by atoms with Crippen LogP contribution in [-0.4, -0.2) is 61.4 Å². The second-order valence-corrected chi connectivity index (χ2v) is 7.21. The van der Waals surface area contributed by atoms with Crippen molar-refractivity contribution >= 4 is 40.8 Å². The SMILES string of the molecule is C/C(=C(\C#N)C(=S)N=CN(C)C)N1CCCN(c2ccc(Cl)cc2)CC1. The van der Waals surface area contributed by atoms with Crippen molar-refractivity contribution in [3.05, 3.63) is 40.6 Å². The zero-order valence-corrected chi connectivity index (χ0v) is 17.0. The fraction of sp³-hybridized carbons (Fsp3) is 0.421. The number of nitrogens with zero attached hydrogens (tertiary/aromatic N) is 5. The van der Waals surface area contributed by atoms with Gasteiger partial charge in [0, 0.05) is 56.7 Å². The van der Waals surface area contributed by atoms with Gasteiger partial charge in [0.1, 0.15) is 16.6 Å². The Labute approximate surface area is 166 Å². The molecule has 1 aromatic carbocycles. The smallest absolute Gasteiger partial charge is 0.147 e. The van der Waals surface area contributed by atoms with Gasteiger partial charge in [-0.2, -0.15) is 5.26 Å². The Morgan fingerprint density at radius 2 is 1.92 bits per heavy atom. The van der Waals surface area contributed by atoms with Crippen molar-refractivity contribution in [2.24, 2.45) is 4.99 Å². The van der Waals surface area contributed by atoms with E-state index in [2.05, 4.69) is 20.9 Å². The summed E-state index contributed by atoms with van der Waals surface area (Å²) in [5.74, 6) is 0. The fourth-order valence-electron chi connectivity index (χ4n) is 2.84. The summed E-state index contributed by atoms with van der Waals surface area (Å²) in [5, 5.41) is 10.3. The van der Waals surface area contributed by atoms with Gasteiger partial charge in [-0.1, -0.05) is 23.8 Å². The topological polar surface area (TPSA) is 45.9 Å². The molecule has 138 valence electrons. The van der Waals surface area contributed by atoms with Gasteiger partial charge >= 0.3 is 0 Å². The molecule has 2 rings (SSSR count). The summed E-state index contributed by atoms with van der Waals surface area (Å²) < 4.78 is 0. The van der Waals surface area contributed by atoms with Crippen molar-refractivity contribution in [3.63, 3.8) is 0 Å². The minimum Gasteiger partial charge on any atom is -0.372 e. The summed E-state index contributed by atoms with van der Waals surface area (Å²) in [6, 6.07) is 10.2. The fourth-order valence-corrected chi connectivity index (χ4v) is 3.20. The Hall–Kier alpha value is -2.10. The van der Waals surface area contributed by atoms with Gasteiger partial charge < -0.3 is 14.7 Å². The van der Waals surface area contributed by atoms with E-state index in [9.17, 15) is 5.26 Å². The molecule has 0 saturated carbocycles. The Kier molecular flexibility index (Phi) is 7.43. The molecule has 5 nitrogen and oxygen atoms in total. The molecule has 1 heterocycles. The van der Waals surface area contributed by atoms with Crippen molar-refractivity contribution in [3.8, 4) is 6.07 Å². The summed E-state index contributed by atoms with van der Waals surface area (Å²) in [5.41, 5.74) is 2.54. The highest BCUT2D eigenvalue weighted by Gasteiger charge is 2.19. The number of thiocarbonyl (C=S) groups is 1. The number of benzene rings is 1. The molecule has 0 aliphatic carbocycles. The largest absolute Gasteiger partial charge is 0.372 e. The van der Waals surface area contributed by atoms with Crippen molar-refractivity contribution in [2.45, 2.75) is 13.3 Å². The van der Waals surface area contributed by atoms with Crippen LogP contribution in [0.15, 0.2) is 40.5 Å². The summed E-state index contributed by atoms with van der Waals surface area (Å²) in [6.45, 7) is 5.52. The average Bonchev–Trinajstić information content (AvgIpc) is 2.87. The molecule has 1 aliphatic rings. The lowest BCUT2D eigenvalue weighted by molar-refractivity contribution is 0.369. The van der Waals surface area contributed by atoms with Crippen molar-refractivity contribution in [2.75, 3.05) is 45.2 Å². The first-order chi connectivity index (χ1) is 12.4. The molecule has 26 heavy (non-hydrogen) atoms. The van der Waals surface area contributed by atoms with Crippen molar-refractivity contribution in [1.29, 1.82) is 5.26 Å². The molecule has 1 saturated heterocycles. The third-order valence-electron chi connectivity index (χ3n) is 4.26. The lowest BCUT2D eigenvalue weighted by Crippen LogP contribution is -2.30. The van der Waals surface area contributed by atoms with Gasteiger partial charge in [-0.3, -0.25) is 0 Å². The van der Waals surface area contributed by atoms with Gasteiger partial charge in [0.05, 0.1) is 6.34 Å². The molecular formula is C19H24ClN5S. The third kappa shape index (κ3) is 5.45. The quantitative estimate of drug-likeness (QED) is 0.259. The average molecular weight is 390 g/mol. The molecule has 1 aliphatic heterocycles. The van der Waals surface area contributed by atoms with E-state index < -0.39 is 0 Å². The van der Waals surface area contributed by atoms with E-state index in [0.29, 0.717) is 10.6 Å². The van der Waals surface area contributed by atoms with Crippen LogP contribution in [-0.2, 0) is 0 Å². The summed E-state index contributed by atoms with van der Waals surface area (Å²) in [6.07, 6.45) is 2.63. The molecule has 0 aromatic heterocycles. The third-order valence-corrected chi connectivity index (χ3v) is 4.82. The van der Waals surface area contributed by atoms with Gasteiger partial charge in [0.15, 0.2) is 0 Å². The van der Waals surface area contributed by atoms with Gasteiger partial charge in [0.25, 0.3) is 0 Å². The molecule has 1 aromatic rings. The molecule has 0 amide bonds. The van der Waals surface area contributed by atoms with E-state index in [-0.39, 0.29) is 0 Å². The van der Waals surface area contributed by atoms with Crippen molar-refractivity contribution in [1.82, 2.24) is 9.80 Å². The predicted molar refractivity (Wildman–Crippen MR) is 113 cm³/mol. The first kappa shape index (κ1) is 20.2.